The predicted octanol–water partition coefficient (Wildman–Crippen LogP) is 2.00. The van der Waals surface area contributed by atoms with Crippen LogP contribution < -0.4 is 10.1 Å². The van der Waals surface area contributed by atoms with Gasteiger partial charge in [0, 0.05) is 46.3 Å². The molecule has 1 N–H and O–H groups in total. The van der Waals surface area contributed by atoms with Gasteiger partial charge in [0.1, 0.15) is 12.4 Å². The number of rotatable bonds is 7. The molecular weight excluding hydrogens is 378 g/mol. The van der Waals surface area contributed by atoms with Crippen molar-refractivity contribution in [2.45, 2.75) is 32.6 Å². The second-order valence-electron chi connectivity index (χ2n) is 8.37. The molecule has 2 aliphatic heterocycles. The second-order valence-corrected chi connectivity index (χ2v) is 8.37. The van der Waals surface area contributed by atoms with Crippen LogP contribution in [-0.4, -0.2) is 92.6 Å². The number of aliphatic imine (C=N–C) groups is 1. The monoisotopic (exact) mass is 415 g/mol. The first-order valence-corrected chi connectivity index (χ1v) is 11.3. The Morgan fingerprint density at radius 1 is 1.07 bits per heavy atom. The summed E-state index contributed by atoms with van der Waals surface area (Å²) < 4.78 is 6.00. The largest absolute Gasteiger partial charge is 0.491 e. The van der Waals surface area contributed by atoms with E-state index in [9.17, 15) is 4.79 Å². The zero-order chi connectivity index (χ0) is 21.3. The summed E-state index contributed by atoms with van der Waals surface area (Å²) in [5.41, 5.74) is 1.24. The van der Waals surface area contributed by atoms with Crippen LogP contribution in [0.1, 0.15) is 38.2 Å². The van der Waals surface area contributed by atoms with Gasteiger partial charge in [-0.3, -0.25) is 14.7 Å². The fraction of sp³-hybridized carbons (Fsp3) is 0.652. The maximum Gasteiger partial charge on any atom is 0.236 e. The van der Waals surface area contributed by atoms with E-state index in [1.165, 1.54) is 5.56 Å². The van der Waals surface area contributed by atoms with Crippen LogP contribution in [0.25, 0.3) is 0 Å². The Morgan fingerprint density at radius 2 is 1.77 bits per heavy atom. The van der Waals surface area contributed by atoms with E-state index in [0.29, 0.717) is 25.6 Å². The molecule has 0 bridgehead atoms. The van der Waals surface area contributed by atoms with Crippen molar-refractivity contribution in [2.75, 3.05) is 66.0 Å². The smallest absolute Gasteiger partial charge is 0.236 e. The van der Waals surface area contributed by atoms with Crippen molar-refractivity contribution < 1.29 is 9.53 Å². The number of likely N-dealkylation sites (tertiary alicyclic amines) is 1. The Balaban J connectivity index is 1.38. The number of nitrogens with zero attached hydrogens (tertiary/aromatic N) is 4. The number of hydrogen-bond acceptors (Lipinski definition) is 4. The molecule has 1 aromatic carbocycles. The molecule has 0 spiro atoms. The topological polar surface area (TPSA) is 60.4 Å². The van der Waals surface area contributed by atoms with E-state index in [-0.39, 0.29) is 5.91 Å². The minimum absolute atomic E-state index is 0.280. The number of nitrogens with one attached hydrogen (secondary N) is 1. The van der Waals surface area contributed by atoms with Crippen molar-refractivity contribution in [3.8, 4) is 5.75 Å². The predicted molar refractivity (Wildman–Crippen MR) is 121 cm³/mol. The number of piperazine rings is 1. The molecule has 0 unspecified atom stereocenters. The molecule has 0 aliphatic carbocycles. The van der Waals surface area contributed by atoms with Crippen molar-refractivity contribution in [3.63, 3.8) is 0 Å². The van der Waals surface area contributed by atoms with Crippen molar-refractivity contribution in [1.29, 1.82) is 0 Å². The third kappa shape index (κ3) is 6.11. The van der Waals surface area contributed by atoms with E-state index in [2.05, 4.69) is 46.1 Å². The molecule has 2 aliphatic rings. The number of carbonyl (C=O) groups excluding carboxylic acids is 1. The number of carbonyl (C=O) groups is 1. The van der Waals surface area contributed by atoms with Gasteiger partial charge in [-0.05, 0) is 30.4 Å². The summed E-state index contributed by atoms with van der Waals surface area (Å²) in [6.45, 7) is 11.6. The molecule has 7 nitrogen and oxygen atoms in total. The highest BCUT2D eigenvalue weighted by atomic mass is 16.5. The Hall–Kier alpha value is -2.28. The maximum absolute atomic E-state index is 12.4. The molecule has 3 rings (SSSR count). The van der Waals surface area contributed by atoms with Crippen molar-refractivity contribution in [2.24, 2.45) is 4.99 Å². The first kappa shape index (κ1) is 22.4. The van der Waals surface area contributed by atoms with Crippen molar-refractivity contribution >= 4 is 11.9 Å². The third-order valence-electron chi connectivity index (χ3n) is 5.89. The highest BCUT2D eigenvalue weighted by Crippen LogP contribution is 2.25. The summed E-state index contributed by atoms with van der Waals surface area (Å²) >= 11 is 0. The lowest BCUT2D eigenvalue weighted by Crippen LogP contribution is -2.54. The summed E-state index contributed by atoms with van der Waals surface area (Å²) in [5.74, 6) is 2.58. The van der Waals surface area contributed by atoms with Gasteiger partial charge in [-0.2, -0.15) is 0 Å². The molecule has 0 aromatic heterocycles. The van der Waals surface area contributed by atoms with Gasteiger partial charge in [-0.1, -0.05) is 32.0 Å². The highest BCUT2D eigenvalue weighted by molar-refractivity contribution is 5.80. The molecule has 0 atom stereocenters. The van der Waals surface area contributed by atoms with Crippen molar-refractivity contribution in [3.05, 3.63) is 29.8 Å². The van der Waals surface area contributed by atoms with Crippen molar-refractivity contribution in [1.82, 2.24) is 20.0 Å². The van der Waals surface area contributed by atoms with E-state index in [4.69, 9.17) is 4.74 Å². The lowest BCUT2D eigenvalue weighted by atomic mass is 10.0. The summed E-state index contributed by atoms with van der Waals surface area (Å²) in [6.07, 6.45) is 2.29. The number of benzene rings is 1. The van der Waals surface area contributed by atoms with Crippen LogP contribution in [-0.2, 0) is 4.79 Å². The van der Waals surface area contributed by atoms with E-state index in [1.54, 1.807) is 0 Å². The van der Waals surface area contributed by atoms with Gasteiger partial charge in [0.15, 0.2) is 5.96 Å². The number of para-hydroxylation sites is 1. The van der Waals surface area contributed by atoms with Gasteiger partial charge >= 0.3 is 0 Å². The first-order chi connectivity index (χ1) is 14.6. The van der Waals surface area contributed by atoms with Crippen LogP contribution in [0, 0.1) is 0 Å². The number of guanidine groups is 1. The van der Waals surface area contributed by atoms with Gasteiger partial charge in [0.2, 0.25) is 5.91 Å². The van der Waals surface area contributed by atoms with Crippen LogP contribution >= 0.6 is 0 Å². The normalized spacial score (nSPS) is 18.2. The quantitative estimate of drug-likeness (QED) is 0.419. The maximum atomic E-state index is 12.4. The molecule has 7 heteroatoms. The summed E-state index contributed by atoms with van der Waals surface area (Å²) in [6, 6.07) is 8.23. The minimum Gasteiger partial charge on any atom is -0.491 e. The molecule has 166 valence electrons. The van der Waals surface area contributed by atoms with Gasteiger partial charge in [-0.25, -0.2) is 0 Å². The van der Waals surface area contributed by atoms with Crippen LogP contribution in [0.4, 0.5) is 0 Å². The Bertz CT molecular complexity index is 707. The van der Waals surface area contributed by atoms with Gasteiger partial charge < -0.3 is 19.9 Å². The minimum atomic E-state index is 0.280. The standard InChI is InChI=1S/C23H37N5O2/c1-19(2)20-8-4-5-9-21(20)30-17-10-25-23(24-3)28-15-13-26(14-16-28)18-22(29)27-11-6-7-12-27/h4-5,8-9,19H,6-7,10-18H2,1-3H3,(H,24,25). The van der Waals surface area contributed by atoms with Gasteiger partial charge in [-0.15, -0.1) is 0 Å². The molecule has 1 aromatic rings. The van der Waals surface area contributed by atoms with Crippen LogP contribution in [0.2, 0.25) is 0 Å². The van der Waals surface area contributed by atoms with Crippen LogP contribution in [0.3, 0.4) is 0 Å². The SMILES string of the molecule is CN=C(NCCOc1ccccc1C(C)C)N1CCN(CC(=O)N2CCCC2)CC1. The molecule has 0 radical (unpaired) electrons. The van der Waals surface area contributed by atoms with Crippen LogP contribution in [0.15, 0.2) is 29.3 Å². The van der Waals surface area contributed by atoms with Gasteiger partial charge in [0.05, 0.1) is 13.1 Å². The molecular formula is C23H37N5O2. The van der Waals surface area contributed by atoms with Gasteiger partial charge in [0.25, 0.3) is 0 Å². The summed E-state index contributed by atoms with van der Waals surface area (Å²) in [7, 11) is 1.82. The first-order valence-electron chi connectivity index (χ1n) is 11.3. The van der Waals surface area contributed by atoms with E-state index < -0.39 is 0 Å². The van der Waals surface area contributed by atoms with E-state index >= 15 is 0 Å². The van der Waals surface area contributed by atoms with E-state index in [1.807, 2.05) is 24.1 Å². The molecule has 0 saturated carbocycles. The molecule has 2 fully saturated rings. The van der Waals surface area contributed by atoms with E-state index in [0.717, 1.165) is 63.8 Å². The average molecular weight is 416 g/mol. The molecule has 2 saturated heterocycles. The lowest BCUT2D eigenvalue weighted by molar-refractivity contribution is -0.131. The summed E-state index contributed by atoms with van der Waals surface area (Å²) in [4.78, 5) is 23.3. The fourth-order valence-electron chi connectivity index (χ4n) is 4.12. The lowest BCUT2D eigenvalue weighted by Gasteiger charge is -2.36. The molecule has 30 heavy (non-hydrogen) atoms. The Labute approximate surface area is 181 Å². The second kappa shape index (κ2) is 11.2. The number of hydrogen-bond donors (Lipinski definition) is 1. The third-order valence-corrected chi connectivity index (χ3v) is 5.89. The van der Waals surface area contributed by atoms with Crippen LogP contribution in [0.5, 0.6) is 5.75 Å². The fourth-order valence-corrected chi connectivity index (χ4v) is 4.12. The molecule has 2 heterocycles. The number of amides is 1. The zero-order valence-electron chi connectivity index (χ0n) is 18.8. The zero-order valence-corrected chi connectivity index (χ0v) is 18.8. The number of ether oxygens (including phenoxy) is 1. The Kier molecular flexibility index (Phi) is 8.37. The Morgan fingerprint density at radius 3 is 2.43 bits per heavy atom. The molecule has 1 amide bonds. The average Bonchev–Trinajstić information content (AvgIpc) is 3.30. The summed E-state index contributed by atoms with van der Waals surface area (Å²) in [5, 5.41) is 3.42. The highest BCUT2D eigenvalue weighted by Gasteiger charge is 2.24.